The lowest BCUT2D eigenvalue weighted by molar-refractivity contribution is -0.384. The van der Waals surface area contributed by atoms with Crippen LogP contribution in [0.25, 0.3) is 0 Å². The molecule has 0 aliphatic carbocycles. The SMILES string of the molecule is CC(OC(=O)c1ccccc1C(=O)c1ccc(Cl)cc1)C(=O)Nc1ccc([N+](=O)[O-])cc1Cl. The van der Waals surface area contributed by atoms with Gasteiger partial charge >= 0.3 is 5.97 Å². The third-order valence-corrected chi connectivity index (χ3v) is 5.14. The van der Waals surface area contributed by atoms with Crippen molar-refractivity contribution in [3.8, 4) is 0 Å². The van der Waals surface area contributed by atoms with Gasteiger partial charge in [-0.15, -0.1) is 0 Å². The molecule has 10 heteroatoms. The Morgan fingerprint density at radius 3 is 2.21 bits per heavy atom. The summed E-state index contributed by atoms with van der Waals surface area (Å²) in [7, 11) is 0. The second-order valence-electron chi connectivity index (χ2n) is 6.84. The smallest absolute Gasteiger partial charge is 0.339 e. The first-order chi connectivity index (χ1) is 15.7. The normalized spacial score (nSPS) is 11.4. The highest BCUT2D eigenvalue weighted by atomic mass is 35.5. The van der Waals surface area contributed by atoms with Crippen molar-refractivity contribution in [1.82, 2.24) is 0 Å². The first kappa shape index (κ1) is 23.9. The number of nitro groups is 1. The van der Waals surface area contributed by atoms with Crippen LogP contribution in [0.1, 0.15) is 33.2 Å². The van der Waals surface area contributed by atoms with Gasteiger partial charge in [-0.05, 0) is 43.3 Å². The molecule has 1 N–H and O–H groups in total. The van der Waals surface area contributed by atoms with E-state index in [1.807, 2.05) is 0 Å². The lowest BCUT2D eigenvalue weighted by atomic mass is 9.98. The summed E-state index contributed by atoms with van der Waals surface area (Å²) >= 11 is 11.8. The zero-order valence-electron chi connectivity index (χ0n) is 17.1. The standard InChI is InChI=1S/C23H16Cl2N2O6/c1-13(22(29)26-20-11-10-16(27(31)32)12-19(20)25)33-23(30)18-5-3-2-4-17(18)21(28)14-6-8-15(24)9-7-14/h2-13H,1H3,(H,26,29). The number of nitro benzene ring substituents is 1. The minimum absolute atomic E-state index is 0.00883. The summed E-state index contributed by atoms with van der Waals surface area (Å²) < 4.78 is 5.24. The van der Waals surface area contributed by atoms with Crippen molar-refractivity contribution in [3.63, 3.8) is 0 Å². The Hall–Kier alpha value is -3.75. The molecule has 3 rings (SSSR count). The lowest BCUT2D eigenvalue weighted by Gasteiger charge is -2.15. The van der Waals surface area contributed by atoms with Crippen molar-refractivity contribution in [2.24, 2.45) is 0 Å². The fourth-order valence-electron chi connectivity index (χ4n) is 2.85. The molecule has 0 aromatic heterocycles. The van der Waals surface area contributed by atoms with E-state index in [1.54, 1.807) is 24.3 Å². The molecule has 0 saturated heterocycles. The van der Waals surface area contributed by atoms with Gasteiger partial charge in [-0.1, -0.05) is 41.4 Å². The highest BCUT2D eigenvalue weighted by Crippen LogP contribution is 2.27. The number of nitrogens with zero attached hydrogens (tertiary/aromatic N) is 1. The molecule has 0 aliphatic rings. The van der Waals surface area contributed by atoms with E-state index in [9.17, 15) is 24.5 Å². The van der Waals surface area contributed by atoms with Crippen LogP contribution < -0.4 is 5.32 Å². The predicted molar refractivity (Wildman–Crippen MR) is 123 cm³/mol. The van der Waals surface area contributed by atoms with Crippen molar-refractivity contribution in [3.05, 3.63) is 104 Å². The van der Waals surface area contributed by atoms with E-state index in [1.165, 1.54) is 43.3 Å². The van der Waals surface area contributed by atoms with Crippen LogP contribution in [0.15, 0.2) is 66.7 Å². The summed E-state index contributed by atoms with van der Waals surface area (Å²) in [5, 5.41) is 13.7. The molecule has 33 heavy (non-hydrogen) atoms. The van der Waals surface area contributed by atoms with Crippen LogP contribution in [-0.2, 0) is 9.53 Å². The van der Waals surface area contributed by atoms with Gasteiger partial charge in [0.2, 0.25) is 0 Å². The second kappa shape index (κ2) is 10.2. The first-order valence-corrected chi connectivity index (χ1v) is 10.3. The van der Waals surface area contributed by atoms with Gasteiger partial charge in [-0.25, -0.2) is 4.79 Å². The van der Waals surface area contributed by atoms with Crippen LogP contribution in [0.4, 0.5) is 11.4 Å². The molecule has 1 amide bonds. The quantitative estimate of drug-likeness (QED) is 0.209. The Kier molecular flexibility index (Phi) is 7.42. The fraction of sp³-hybridized carbons (Fsp3) is 0.0870. The number of hydrogen-bond acceptors (Lipinski definition) is 6. The molecule has 3 aromatic carbocycles. The predicted octanol–water partition coefficient (Wildman–Crippen LogP) is 5.32. The molecule has 1 atom stereocenters. The molecule has 0 fully saturated rings. The average molecular weight is 487 g/mol. The third kappa shape index (κ3) is 5.74. The van der Waals surface area contributed by atoms with Crippen LogP contribution in [0.3, 0.4) is 0 Å². The molecule has 0 radical (unpaired) electrons. The average Bonchev–Trinajstić information content (AvgIpc) is 2.80. The Balaban J connectivity index is 1.73. The maximum Gasteiger partial charge on any atom is 0.339 e. The van der Waals surface area contributed by atoms with Gasteiger partial charge in [0.15, 0.2) is 11.9 Å². The third-order valence-electron chi connectivity index (χ3n) is 4.57. The number of esters is 1. The lowest BCUT2D eigenvalue weighted by Crippen LogP contribution is -2.30. The van der Waals surface area contributed by atoms with E-state index in [-0.39, 0.29) is 27.5 Å². The van der Waals surface area contributed by atoms with Crippen molar-refractivity contribution in [2.45, 2.75) is 13.0 Å². The van der Waals surface area contributed by atoms with Crippen molar-refractivity contribution in [2.75, 3.05) is 5.32 Å². The van der Waals surface area contributed by atoms with E-state index >= 15 is 0 Å². The van der Waals surface area contributed by atoms with E-state index in [2.05, 4.69) is 5.32 Å². The fourth-order valence-corrected chi connectivity index (χ4v) is 3.19. The van der Waals surface area contributed by atoms with E-state index < -0.39 is 28.7 Å². The maximum absolute atomic E-state index is 12.9. The van der Waals surface area contributed by atoms with Crippen LogP contribution in [0.5, 0.6) is 0 Å². The zero-order chi connectivity index (χ0) is 24.1. The van der Waals surface area contributed by atoms with E-state index in [0.29, 0.717) is 10.6 Å². The van der Waals surface area contributed by atoms with Gasteiger partial charge in [0.1, 0.15) is 0 Å². The van der Waals surface area contributed by atoms with Gasteiger partial charge in [-0.2, -0.15) is 0 Å². The number of rotatable bonds is 7. The Morgan fingerprint density at radius 1 is 0.970 bits per heavy atom. The summed E-state index contributed by atoms with van der Waals surface area (Å²) in [5.41, 5.74) is 0.312. The topological polar surface area (TPSA) is 116 Å². The number of ketones is 1. The minimum atomic E-state index is -1.25. The van der Waals surface area contributed by atoms with Crippen LogP contribution in [0.2, 0.25) is 10.0 Å². The van der Waals surface area contributed by atoms with Gasteiger partial charge in [-0.3, -0.25) is 19.7 Å². The second-order valence-corrected chi connectivity index (χ2v) is 7.68. The van der Waals surface area contributed by atoms with Gasteiger partial charge in [0, 0.05) is 28.3 Å². The molecule has 3 aromatic rings. The Bertz CT molecular complexity index is 1240. The number of carbonyl (C=O) groups is 3. The van der Waals surface area contributed by atoms with Gasteiger partial charge in [0.05, 0.1) is 21.2 Å². The van der Waals surface area contributed by atoms with Crippen LogP contribution in [0, 0.1) is 10.1 Å². The number of nitrogens with one attached hydrogen (secondary N) is 1. The number of benzene rings is 3. The van der Waals surface area contributed by atoms with E-state index in [0.717, 1.165) is 6.07 Å². The zero-order valence-corrected chi connectivity index (χ0v) is 18.6. The summed E-state index contributed by atoms with van der Waals surface area (Å²) in [6, 6.07) is 15.8. The maximum atomic E-state index is 12.9. The van der Waals surface area contributed by atoms with E-state index in [4.69, 9.17) is 27.9 Å². The van der Waals surface area contributed by atoms with Crippen molar-refractivity contribution >= 4 is 52.2 Å². The molecule has 168 valence electrons. The molecule has 0 spiro atoms. The molecule has 0 bridgehead atoms. The molecular weight excluding hydrogens is 471 g/mol. The van der Waals surface area contributed by atoms with Gasteiger partial charge < -0.3 is 10.1 Å². The molecular formula is C23H16Cl2N2O6. The first-order valence-electron chi connectivity index (χ1n) is 9.52. The highest BCUT2D eigenvalue weighted by molar-refractivity contribution is 6.34. The monoisotopic (exact) mass is 486 g/mol. The Morgan fingerprint density at radius 2 is 1.61 bits per heavy atom. The molecule has 1 unspecified atom stereocenters. The van der Waals surface area contributed by atoms with Crippen LogP contribution >= 0.6 is 23.2 Å². The van der Waals surface area contributed by atoms with Gasteiger partial charge in [0.25, 0.3) is 11.6 Å². The molecule has 0 aliphatic heterocycles. The summed E-state index contributed by atoms with van der Waals surface area (Å²) in [5.74, 6) is -1.99. The molecule has 0 heterocycles. The summed E-state index contributed by atoms with van der Waals surface area (Å²) in [6.45, 7) is 1.34. The number of ether oxygens (including phenoxy) is 1. The Labute approximate surface area is 198 Å². The number of carbonyl (C=O) groups excluding carboxylic acids is 3. The number of halogens is 2. The van der Waals surface area contributed by atoms with Crippen molar-refractivity contribution in [1.29, 1.82) is 0 Å². The van der Waals surface area contributed by atoms with Crippen molar-refractivity contribution < 1.29 is 24.0 Å². The largest absolute Gasteiger partial charge is 0.449 e. The number of hydrogen-bond donors (Lipinski definition) is 1. The summed E-state index contributed by atoms with van der Waals surface area (Å²) in [6.07, 6.45) is -1.25. The summed E-state index contributed by atoms with van der Waals surface area (Å²) in [4.78, 5) is 48.2. The number of anilines is 1. The minimum Gasteiger partial charge on any atom is -0.449 e. The van der Waals surface area contributed by atoms with Crippen LogP contribution in [-0.4, -0.2) is 28.7 Å². The molecule has 0 saturated carbocycles. The highest BCUT2D eigenvalue weighted by Gasteiger charge is 2.24. The number of non-ortho nitro benzene ring substituents is 1. The molecule has 8 nitrogen and oxygen atoms in total. The number of amides is 1.